The van der Waals surface area contributed by atoms with Crippen molar-refractivity contribution in [3.63, 3.8) is 0 Å². The van der Waals surface area contributed by atoms with Crippen LogP contribution in [-0.2, 0) is 9.84 Å². The lowest BCUT2D eigenvalue weighted by Gasteiger charge is -2.09. The Morgan fingerprint density at radius 1 is 1.32 bits per heavy atom. The van der Waals surface area contributed by atoms with Crippen LogP contribution in [0.15, 0.2) is 40.1 Å². The molecule has 0 atom stereocenters. The van der Waals surface area contributed by atoms with Crippen LogP contribution in [0.2, 0.25) is 5.02 Å². The third-order valence-corrected chi connectivity index (χ3v) is 4.36. The number of rotatable bonds is 3. The van der Waals surface area contributed by atoms with Crippen molar-refractivity contribution in [1.29, 1.82) is 0 Å². The Hall–Kier alpha value is -1.71. The Balaban J connectivity index is 2.19. The molecular weight excluding hydrogens is 394 g/mol. The van der Waals surface area contributed by atoms with Gasteiger partial charge in [-0.3, -0.25) is 0 Å². The normalized spacial score (nSPS) is 11.8. The summed E-state index contributed by atoms with van der Waals surface area (Å²) in [7, 11) is -3.56. The molecular formula is C12H9BrClN5O2S. The predicted molar refractivity (Wildman–Crippen MR) is 86.3 cm³/mol. The fourth-order valence-electron chi connectivity index (χ4n) is 1.77. The van der Waals surface area contributed by atoms with E-state index in [4.69, 9.17) is 11.6 Å². The molecule has 2 heterocycles. The van der Waals surface area contributed by atoms with Crippen LogP contribution in [0, 0.1) is 0 Å². The number of nitrogens with zero attached hydrogens (tertiary/aromatic N) is 4. The number of halogens is 2. The molecule has 0 spiro atoms. The summed E-state index contributed by atoms with van der Waals surface area (Å²) in [6, 6.07) is 6.96. The molecule has 0 saturated carbocycles. The van der Waals surface area contributed by atoms with Crippen LogP contribution < -0.4 is 5.32 Å². The minimum Gasteiger partial charge on any atom is -0.324 e. The SMILES string of the molecule is CS(=O)(=O)c1nc(Nc2cccc(Cl)c2)n2ncc(Br)c2n1. The lowest BCUT2D eigenvalue weighted by Crippen LogP contribution is -2.11. The van der Waals surface area contributed by atoms with Crippen molar-refractivity contribution >= 4 is 54.7 Å². The minimum atomic E-state index is -3.56. The maximum Gasteiger partial charge on any atom is 0.252 e. The van der Waals surface area contributed by atoms with Crippen molar-refractivity contribution in [2.45, 2.75) is 5.16 Å². The number of benzene rings is 1. The summed E-state index contributed by atoms with van der Waals surface area (Å²) in [5.74, 6) is 0.221. The molecule has 10 heteroatoms. The molecule has 0 aliphatic heterocycles. The summed E-state index contributed by atoms with van der Waals surface area (Å²) in [4.78, 5) is 8.05. The average molecular weight is 403 g/mol. The monoisotopic (exact) mass is 401 g/mol. The first kappa shape index (κ1) is 15.2. The van der Waals surface area contributed by atoms with E-state index in [0.29, 0.717) is 20.8 Å². The van der Waals surface area contributed by atoms with E-state index < -0.39 is 9.84 Å². The van der Waals surface area contributed by atoms with Crippen LogP contribution in [0.5, 0.6) is 0 Å². The largest absolute Gasteiger partial charge is 0.324 e. The Bertz CT molecular complexity index is 973. The second-order valence-electron chi connectivity index (χ2n) is 4.47. The van der Waals surface area contributed by atoms with Crippen molar-refractivity contribution in [2.24, 2.45) is 0 Å². The molecule has 0 amide bonds. The van der Waals surface area contributed by atoms with Gasteiger partial charge < -0.3 is 5.32 Å². The Kier molecular flexibility index (Phi) is 3.79. The van der Waals surface area contributed by atoms with E-state index in [-0.39, 0.29) is 11.1 Å². The fraction of sp³-hybridized carbons (Fsp3) is 0.0833. The highest BCUT2D eigenvalue weighted by molar-refractivity contribution is 9.10. The molecule has 3 aromatic rings. The molecule has 22 heavy (non-hydrogen) atoms. The van der Waals surface area contributed by atoms with Crippen LogP contribution in [0.25, 0.3) is 5.65 Å². The van der Waals surface area contributed by atoms with Gasteiger partial charge in [0.25, 0.3) is 5.16 Å². The van der Waals surface area contributed by atoms with Crippen LogP contribution in [-0.4, -0.2) is 34.3 Å². The first-order valence-electron chi connectivity index (χ1n) is 5.98. The lowest BCUT2D eigenvalue weighted by atomic mass is 10.3. The van der Waals surface area contributed by atoms with Gasteiger partial charge >= 0.3 is 0 Å². The molecule has 0 unspecified atom stereocenters. The number of anilines is 2. The first-order valence-corrected chi connectivity index (χ1v) is 9.05. The van der Waals surface area contributed by atoms with E-state index >= 15 is 0 Å². The molecule has 0 saturated heterocycles. The van der Waals surface area contributed by atoms with Gasteiger partial charge in [0.05, 0.1) is 10.7 Å². The van der Waals surface area contributed by atoms with E-state index in [9.17, 15) is 8.42 Å². The Labute approximate surface area is 139 Å². The van der Waals surface area contributed by atoms with Gasteiger partial charge in [0, 0.05) is 17.0 Å². The van der Waals surface area contributed by atoms with Gasteiger partial charge in [-0.05, 0) is 34.1 Å². The summed E-state index contributed by atoms with van der Waals surface area (Å²) in [6.45, 7) is 0. The maximum atomic E-state index is 11.7. The molecule has 1 aromatic carbocycles. The summed E-state index contributed by atoms with van der Waals surface area (Å²) in [5.41, 5.74) is 0.999. The molecule has 2 aromatic heterocycles. The van der Waals surface area contributed by atoms with Gasteiger partial charge in [0.1, 0.15) is 0 Å². The smallest absolute Gasteiger partial charge is 0.252 e. The van der Waals surface area contributed by atoms with Crippen molar-refractivity contribution in [1.82, 2.24) is 19.6 Å². The quantitative estimate of drug-likeness (QED) is 0.724. The number of fused-ring (bicyclic) bond motifs is 1. The van der Waals surface area contributed by atoms with Gasteiger partial charge in [0.15, 0.2) is 5.65 Å². The average Bonchev–Trinajstić information content (AvgIpc) is 2.80. The standard InChI is InChI=1S/C12H9BrClN5O2S/c1-22(20,21)12-17-10-9(13)6-15-19(10)11(18-12)16-8-4-2-3-7(14)5-8/h2-6H,1H3,(H,16,17,18). The topological polar surface area (TPSA) is 89.2 Å². The van der Waals surface area contributed by atoms with E-state index in [1.807, 2.05) is 0 Å². The van der Waals surface area contributed by atoms with Gasteiger partial charge in [-0.2, -0.15) is 19.6 Å². The maximum absolute atomic E-state index is 11.7. The third-order valence-electron chi connectivity index (χ3n) is 2.72. The number of aromatic nitrogens is 4. The predicted octanol–water partition coefficient (Wildman–Crippen LogP) is 2.69. The second kappa shape index (κ2) is 5.49. The zero-order chi connectivity index (χ0) is 15.9. The van der Waals surface area contributed by atoms with Crippen molar-refractivity contribution in [2.75, 3.05) is 11.6 Å². The first-order chi connectivity index (χ1) is 10.3. The summed E-state index contributed by atoms with van der Waals surface area (Å²) < 4.78 is 25.5. The zero-order valence-corrected chi connectivity index (χ0v) is 14.3. The fourth-order valence-corrected chi connectivity index (χ4v) is 2.82. The van der Waals surface area contributed by atoms with Crippen LogP contribution >= 0.6 is 27.5 Å². The number of hydrogen-bond donors (Lipinski definition) is 1. The van der Waals surface area contributed by atoms with E-state index in [2.05, 4.69) is 36.3 Å². The zero-order valence-electron chi connectivity index (χ0n) is 11.2. The highest BCUT2D eigenvalue weighted by atomic mass is 79.9. The van der Waals surface area contributed by atoms with E-state index in [1.54, 1.807) is 24.3 Å². The lowest BCUT2D eigenvalue weighted by molar-refractivity contribution is 0.592. The molecule has 1 N–H and O–H groups in total. The molecule has 0 aliphatic carbocycles. The molecule has 7 nitrogen and oxygen atoms in total. The van der Waals surface area contributed by atoms with Gasteiger partial charge in [0.2, 0.25) is 15.8 Å². The van der Waals surface area contributed by atoms with Gasteiger partial charge in [-0.25, -0.2) is 8.42 Å². The molecule has 3 rings (SSSR count). The summed E-state index contributed by atoms with van der Waals surface area (Å²) in [5, 5.41) is 7.36. The summed E-state index contributed by atoms with van der Waals surface area (Å²) in [6.07, 6.45) is 2.56. The molecule has 0 bridgehead atoms. The van der Waals surface area contributed by atoms with Crippen molar-refractivity contribution in [3.8, 4) is 0 Å². The van der Waals surface area contributed by atoms with Gasteiger partial charge in [-0.15, -0.1) is 0 Å². The highest BCUT2D eigenvalue weighted by Gasteiger charge is 2.18. The molecule has 0 fully saturated rings. The van der Waals surface area contributed by atoms with E-state index in [0.717, 1.165) is 6.26 Å². The molecule has 0 radical (unpaired) electrons. The Morgan fingerprint density at radius 2 is 2.09 bits per heavy atom. The van der Waals surface area contributed by atoms with Crippen LogP contribution in [0.1, 0.15) is 0 Å². The molecule has 0 aliphatic rings. The van der Waals surface area contributed by atoms with Crippen LogP contribution in [0.4, 0.5) is 11.6 Å². The highest BCUT2D eigenvalue weighted by Crippen LogP contribution is 2.23. The minimum absolute atomic E-state index is 0.221. The second-order valence-corrected chi connectivity index (χ2v) is 7.67. The van der Waals surface area contributed by atoms with E-state index in [1.165, 1.54) is 10.7 Å². The van der Waals surface area contributed by atoms with Gasteiger partial charge in [-0.1, -0.05) is 17.7 Å². The van der Waals surface area contributed by atoms with Crippen molar-refractivity contribution in [3.05, 3.63) is 40.0 Å². The van der Waals surface area contributed by atoms with Crippen LogP contribution in [0.3, 0.4) is 0 Å². The summed E-state index contributed by atoms with van der Waals surface area (Å²) >= 11 is 9.22. The Morgan fingerprint density at radius 3 is 2.77 bits per heavy atom. The third kappa shape index (κ3) is 2.92. The number of hydrogen-bond acceptors (Lipinski definition) is 6. The number of nitrogens with one attached hydrogen (secondary N) is 1. The molecule has 114 valence electrons. The van der Waals surface area contributed by atoms with Crippen molar-refractivity contribution < 1.29 is 8.42 Å². The number of sulfone groups is 1.